The number of likely N-dealkylation sites (tertiary alicyclic amines) is 1. The van der Waals surface area contributed by atoms with Crippen molar-refractivity contribution in [2.24, 2.45) is 0 Å². The van der Waals surface area contributed by atoms with Crippen molar-refractivity contribution in [1.82, 2.24) is 15.5 Å². The first-order chi connectivity index (χ1) is 9.19. The number of urea groups is 1. The second kappa shape index (κ2) is 6.69. The summed E-state index contributed by atoms with van der Waals surface area (Å²) in [5.41, 5.74) is -0.431. The van der Waals surface area contributed by atoms with Crippen molar-refractivity contribution in [3.8, 4) is 0 Å². The summed E-state index contributed by atoms with van der Waals surface area (Å²) in [6.07, 6.45) is 2.25. The molecule has 0 saturated carbocycles. The quantitative estimate of drug-likeness (QED) is 0.703. The molecule has 3 N–H and O–H groups in total. The average Bonchev–Trinajstić information content (AvgIpc) is 2.26. The zero-order valence-electron chi connectivity index (χ0n) is 12.2. The van der Waals surface area contributed by atoms with E-state index >= 15 is 0 Å². The van der Waals surface area contributed by atoms with Gasteiger partial charge in [-0.15, -0.1) is 0 Å². The van der Waals surface area contributed by atoms with Gasteiger partial charge in [0.05, 0.1) is 6.54 Å². The number of amides is 3. The van der Waals surface area contributed by atoms with E-state index < -0.39 is 29.5 Å². The Balaban J connectivity index is 2.48. The molecule has 0 aromatic carbocycles. The van der Waals surface area contributed by atoms with Crippen LogP contribution in [0.3, 0.4) is 0 Å². The molecule has 0 bridgehead atoms. The Bertz CT molecular complexity index is 390. The van der Waals surface area contributed by atoms with Gasteiger partial charge in [-0.25, -0.2) is 4.79 Å². The molecule has 1 saturated heterocycles. The summed E-state index contributed by atoms with van der Waals surface area (Å²) >= 11 is 0. The number of carboxylic acids is 1. The van der Waals surface area contributed by atoms with Gasteiger partial charge in [0.2, 0.25) is 5.91 Å². The molecule has 0 radical (unpaired) electrons. The Morgan fingerprint density at radius 2 is 1.90 bits per heavy atom. The van der Waals surface area contributed by atoms with Crippen LogP contribution in [0.1, 0.15) is 40.0 Å². The molecule has 3 amide bonds. The lowest BCUT2D eigenvalue weighted by atomic mass is 10.0. The second-order valence-corrected chi connectivity index (χ2v) is 6.07. The fraction of sp³-hybridized carbons (Fsp3) is 0.769. The molecule has 114 valence electrons. The molecule has 7 nitrogen and oxygen atoms in total. The molecule has 1 rings (SSSR count). The summed E-state index contributed by atoms with van der Waals surface area (Å²) in [6.45, 7) is 5.91. The molecule has 1 atom stereocenters. The highest BCUT2D eigenvalue weighted by Gasteiger charge is 2.30. The Labute approximate surface area is 118 Å². The lowest BCUT2D eigenvalue weighted by Gasteiger charge is -2.32. The van der Waals surface area contributed by atoms with Gasteiger partial charge >= 0.3 is 12.0 Å². The van der Waals surface area contributed by atoms with E-state index in [9.17, 15) is 14.4 Å². The molecule has 0 aliphatic carbocycles. The largest absolute Gasteiger partial charge is 0.480 e. The van der Waals surface area contributed by atoms with E-state index in [-0.39, 0.29) is 6.54 Å². The molecular formula is C13H23N3O4. The smallest absolute Gasteiger partial charge is 0.321 e. The maximum Gasteiger partial charge on any atom is 0.321 e. The topological polar surface area (TPSA) is 98.7 Å². The molecule has 0 aromatic rings. The predicted octanol–water partition coefficient (Wildman–Crippen LogP) is 0.550. The van der Waals surface area contributed by atoms with Gasteiger partial charge in [0.1, 0.15) is 6.04 Å². The molecule has 0 spiro atoms. The molecule has 20 heavy (non-hydrogen) atoms. The number of aliphatic carboxylic acids is 1. The van der Waals surface area contributed by atoms with Crippen molar-refractivity contribution in [2.75, 3.05) is 13.1 Å². The molecule has 1 heterocycles. The maximum absolute atomic E-state index is 11.8. The van der Waals surface area contributed by atoms with Crippen LogP contribution in [-0.2, 0) is 9.59 Å². The van der Waals surface area contributed by atoms with Crippen LogP contribution in [0.15, 0.2) is 0 Å². The normalized spacial score (nSPS) is 20.2. The van der Waals surface area contributed by atoms with Gasteiger partial charge in [0.25, 0.3) is 0 Å². The molecule has 1 unspecified atom stereocenters. The third-order valence-electron chi connectivity index (χ3n) is 2.99. The number of nitrogens with one attached hydrogen (secondary N) is 2. The number of carbonyl (C=O) groups is 3. The van der Waals surface area contributed by atoms with E-state index in [1.165, 1.54) is 0 Å². The second-order valence-electron chi connectivity index (χ2n) is 6.07. The number of carbonyl (C=O) groups excluding carboxylic acids is 2. The van der Waals surface area contributed by atoms with Gasteiger partial charge in [-0.2, -0.15) is 0 Å². The first-order valence-electron chi connectivity index (χ1n) is 6.78. The van der Waals surface area contributed by atoms with Crippen molar-refractivity contribution in [1.29, 1.82) is 0 Å². The Kier molecular flexibility index (Phi) is 5.50. The van der Waals surface area contributed by atoms with Gasteiger partial charge < -0.3 is 10.4 Å². The van der Waals surface area contributed by atoms with E-state index in [4.69, 9.17) is 5.11 Å². The summed E-state index contributed by atoms with van der Waals surface area (Å²) in [5.74, 6) is -1.41. The molecular weight excluding hydrogens is 262 g/mol. The lowest BCUT2D eigenvalue weighted by Crippen LogP contribution is -2.53. The van der Waals surface area contributed by atoms with Crippen LogP contribution in [0.25, 0.3) is 0 Å². The van der Waals surface area contributed by atoms with Crippen LogP contribution in [0.5, 0.6) is 0 Å². The summed E-state index contributed by atoms with van der Waals surface area (Å²) in [4.78, 5) is 36.0. The van der Waals surface area contributed by atoms with E-state index in [1.807, 2.05) is 20.8 Å². The van der Waals surface area contributed by atoms with E-state index in [0.717, 1.165) is 12.8 Å². The van der Waals surface area contributed by atoms with Gasteiger partial charge in [0, 0.05) is 5.54 Å². The van der Waals surface area contributed by atoms with E-state index in [1.54, 1.807) is 4.90 Å². The third-order valence-corrected chi connectivity index (χ3v) is 2.99. The van der Waals surface area contributed by atoms with Gasteiger partial charge in [0.15, 0.2) is 0 Å². The lowest BCUT2D eigenvalue weighted by molar-refractivity contribution is -0.145. The van der Waals surface area contributed by atoms with E-state index in [0.29, 0.717) is 13.0 Å². The zero-order chi connectivity index (χ0) is 15.3. The fourth-order valence-corrected chi connectivity index (χ4v) is 2.18. The van der Waals surface area contributed by atoms with Crippen LogP contribution in [-0.4, -0.2) is 52.6 Å². The first kappa shape index (κ1) is 16.4. The summed E-state index contributed by atoms with van der Waals surface area (Å²) in [7, 11) is 0. The van der Waals surface area contributed by atoms with Crippen molar-refractivity contribution in [3.63, 3.8) is 0 Å². The van der Waals surface area contributed by atoms with Crippen LogP contribution >= 0.6 is 0 Å². The number of imide groups is 1. The van der Waals surface area contributed by atoms with Crippen LogP contribution in [0, 0.1) is 0 Å². The minimum atomic E-state index is -0.920. The molecule has 7 heteroatoms. The van der Waals surface area contributed by atoms with Gasteiger partial charge in [-0.05, 0) is 40.2 Å². The first-order valence-corrected chi connectivity index (χ1v) is 6.78. The highest BCUT2D eigenvalue weighted by Crippen LogP contribution is 2.16. The highest BCUT2D eigenvalue weighted by atomic mass is 16.4. The highest BCUT2D eigenvalue weighted by molar-refractivity contribution is 5.95. The molecule has 1 aliphatic heterocycles. The van der Waals surface area contributed by atoms with Crippen LogP contribution < -0.4 is 10.6 Å². The molecule has 0 aromatic heterocycles. The number of piperidine rings is 1. The van der Waals surface area contributed by atoms with Crippen molar-refractivity contribution < 1.29 is 19.5 Å². The minimum absolute atomic E-state index is 0.0749. The zero-order valence-corrected chi connectivity index (χ0v) is 12.2. The molecule has 1 fully saturated rings. The Morgan fingerprint density at radius 3 is 2.45 bits per heavy atom. The predicted molar refractivity (Wildman–Crippen MR) is 73.3 cm³/mol. The monoisotopic (exact) mass is 285 g/mol. The van der Waals surface area contributed by atoms with Gasteiger partial charge in [-0.1, -0.05) is 6.42 Å². The van der Waals surface area contributed by atoms with Crippen LogP contribution in [0.4, 0.5) is 4.79 Å². The summed E-state index contributed by atoms with van der Waals surface area (Å²) < 4.78 is 0. The fourth-order valence-electron chi connectivity index (χ4n) is 2.18. The number of carboxylic acid groups (broad SMARTS) is 1. The van der Waals surface area contributed by atoms with Crippen molar-refractivity contribution in [3.05, 3.63) is 0 Å². The number of hydrogen-bond donors (Lipinski definition) is 3. The molecule has 1 aliphatic rings. The number of hydrogen-bond acceptors (Lipinski definition) is 4. The number of nitrogens with zero attached hydrogens (tertiary/aromatic N) is 1. The van der Waals surface area contributed by atoms with Crippen molar-refractivity contribution in [2.45, 2.75) is 51.6 Å². The Hall–Kier alpha value is -1.63. The average molecular weight is 285 g/mol. The Morgan fingerprint density at radius 1 is 1.25 bits per heavy atom. The summed E-state index contributed by atoms with van der Waals surface area (Å²) in [6, 6.07) is -1.20. The summed E-state index contributed by atoms with van der Waals surface area (Å²) in [5, 5.41) is 13.9. The third kappa shape index (κ3) is 5.56. The minimum Gasteiger partial charge on any atom is -0.480 e. The number of rotatable bonds is 3. The SMILES string of the molecule is CC(C)(C)NC(=O)NC(=O)CN1CCCCC1C(=O)O. The standard InChI is InChI=1S/C13H23N3O4/c1-13(2,3)15-12(20)14-10(17)8-16-7-5-4-6-9(16)11(18)19/h9H,4-8H2,1-3H3,(H,18,19)(H2,14,15,17,20). The van der Waals surface area contributed by atoms with Gasteiger partial charge in [-0.3, -0.25) is 19.8 Å². The maximum atomic E-state index is 11.8. The van der Waals surface area contributed by atoms with E-state index in [2.05, 4.69) is 10.6 Å². The van der Waals surface area contributed by atoms with Crippen molar-refractivity contribution >= 4 is 17.9 Å². The van der Waals surface area contributed by atoms with Crippen LogP contribution in [0.2, 0.25) is 0 Å².